The monoisotopic (exact) mass is 474 g/mol. The zero-order valence-electron chi connectivity index (χ0n) is 20.7. The zero-order chi connectivity index (χ0) is 24.4. The van der Waals surface area contributed by atoms with E-state index < -0.39 is 0 Å². The van der Waals surface area contributed by atoms with Crippen LogP contribution in [0.1, 0.15) is 51.4 Å². The molecule has 35 heavy (non-hydrogen) atoms. The van der Waals surface area contributed by atoms with E-state index in [4.69, 9.17) is 9.72 Å². The van der Waals surface area contributed by atoms with Gasteiger partial charge in [-0.3, -0.25) is 19.1 Å². The molecule has 0 bridgehead atoms. The van der Waals surface area contributed by atoms with Crippen molar-refractivity contribution in [2.45, 2.75) is 45.6 Å². The van der Waals surface area contributed by atoms with Crippen LogP contribution in [-0.2, 0) is 4.79 Å². The summed E-state index contributed by atoms with van der Waals surface area (Å²) >= 11 is 0. The van der Waals surface area contributed by atoms with Crippen LogP contribution in [0.5, 0.6) is 5.75 Å². The fraction of sp³-hybridized carbons (Fsp3) is 0.464. The molecule has 1 amide bonds. The SMILES string of the molecule is CCOc1ccccc1-n1c(C(C)N2CCN(C(=O)C3CCCC3)CC2)nc2ccccc2c1=O. The minimum atomic E-state index is -0.106. The second kappa shape index (κ2) is 10.2. The van der Waals surface area contributed by atoms with Crippen molar-refractivity contribution in [2.24, 2.45) is 5.92 Å². The number of rotatable bonds is 6. The van der Waals surface area contributed by atoms with E-state index in [1.165, 1.54) is 12.8 Å². The van der Waals surface area contributed by atoms with Crippen molar-refractivity contribution in [3.8, 4) is 11.4 Å². The third-order valence-corrected chi connectivity index (χ3v) is 7.46. The highest BCUT2D eigenvalue weighted by Crippen LogP contribution is 2.30. The van der Waals surface area contributed by atoms with Gasteiger partial charge in [0, 0.05) is 32.1 Å². The van der Waals surface area contributed by atoms with E-state index in [2.05, 4.69) is 11.8 Å². The summed E-state index contributed by atoms with van der Waals surface area (Å²) in [5.74, 6) is 1.88. The number of carbonyl (C=O) groups excluding carboxylic acids is 1. The van der Waals surface area contributed by atoms with Crippen LogP contribution < -0.4 is 10.3 Å². The Hall–Kier alpha value is -3.19. The number of aromatic nitrogens is 2. The molecule has 1 saturated heterocycles. The first kappa shape index (κ1) is 23.5. The first-order valence-corrected chi connectivity index (χ1v) is 12.8. The summed E-state index contributed by atoms with van der Waals surface area (Å²) in [7, 11) is 0. The number of ether oxygens (including phenoxy) is 1. The van der Waals surface area contributed by atoms with Crippen molar-refractivity contribution < 1.29 is 9.53 Å². The normalized spacial score (nSPS) is 18.2. The van der Waals surface area contributed by atoms with E-state index in [9.17, 15) is 9.59 Å². The molecule has 1 aliphatic carbocycles. The maximum Gasteiger partial charge on any atom is 0.266 e. The topological polar surface area (TPSA) is 67.7 Å². The molecule has 0 N–H and O–H groups in total. The summed E-state index contributed by atoms with van der Waals surface area (Å²) in [6.07, 6.45) is 4.40. The maximum atomic E-state index is 13.8. The number of amides is 1. The number of hydrogen-bond acceptors (Lipinski definition) is 5. The van der Waals surface area contributed by atoms with Crippen LogP contribution >= 0.6 is 0 Å². The Labute approximate surface area is 206 Å². The number of benzene rings is 2. The number of fused-ring (bicyclic) bond motifs is 1. The van der Waals surface area contributed by atoms with Gasteiger partial charge in [-0.05, 0) is 51.0 Å². The van der Waals surface area contributed by atoms with Crippen LogP contribution in [0.15, 0.2) is 53.3 Å². The van der Waals surface area contributed by atoms with Gasteiger partial charge in [-0.1, -0.05) is 37.1 Å². The smallest absolute Gasteiger partial charge is 0.266 e. The van der Waals surface area contributed by atoms with Crippen LogP contribution in [0.3, 0.4) is 0 Å². The highest BCUT2D eigenvalue weighted by atomic mass is 16.5. The Balaban J connectivity index is 1.49. The van der Waals surface area contributed by atoms with Gasteiger partial charge in [0.05, 0.1) is 29.2 Å². The quantitative estimate of drug-likeness (QED) is 0.536. The molecular formula is C28H34N4O3. The summed E-state index contributed by atoms with van der Waals surface area (Å²) in [5, 5.41) is 0.585. The standard InChI is InChI=1S/C28H34N4O3/c1-3-35-25-15-9-8-14-24(25)32-26(29-23-13-7-6-12-22(23)28(32)34)20(2)30-16-18-31(19-17-30)27(33)21-10-4-5-11-21/h6-9,12-15,20-21H,3-5,10-11,16-19H2,1-2H3. The molecule has 2 fully saturated rings. The van der Waals surface area contributed by atoms with Crippen molar-refractivity contribution in [1.29, 1.82) is 0 Å². The van der Waals surface area contributed by atoms with Crippen molar-refractivity contribution in [1.82, 2.24) is 19.4 Å². The van der Waals surface area contributed by atoms with E-state index in [0.29, 0.717) is 53.8 Å². The maximum absolute atomic E-state index is 13.8. The Kier molecular flexibility index (Phi) is 6.86. The number of carbonyl (C=O) groups is 1. The molecule has 1 unspecified atom stereocenters. The molecule has 184 valence electrons. The van der Waals surface area contributed by atoms with Gasteiger partial charge >= 0.3 is 0 Å². The fourth-order valence-corrected chi connectivity index (χ4v) is 5.51. The van der Waals surface area contributed by atoms with E-state index in [1.54, 1.807) is 4.57 Å². The molecule has 5 rings (SSSR count). The summed E-state index contributed by atoms with van der Waals surface area (Å²) in [4.78, 5) is 36.0. The van der Waals surface area contributed by atoms with Crippen molar-refractivity contribution in [3.63, 3.8) is 0 Å². The minimum Gasteiger partial charge on any atom is -0.492 e. The number of para-hydroxylation sites is 3. The zero-order valence-corrected chi connectivity index (χ0v) is 20.7. The Morgan fingerprint density at radius 1 is 1.03 bits per heavy atom. The molecule has 2 aliphatic rings. The van der Waals surface area contributed by atoms with Crippen LogP contribution in [0.25, 0.3) is 16.6 Å². The number of piperazine rings is 1. The first-order chi connectivity index (χ1) is 17.1. The second-order valence-corrected chi connectivity index (χ2v) is 9.55. The Bertz CT molecular complexity index is 1260. The second-order valence-electron chi connectivity index (χ2n) is 9.55. The Morgan fingerprint density at radius 2 is 1.71 bits per heavy atom. The predicted octanol–water partition coefficient (Wildman–Crippen LogP) is 4.18. The third-order valence-electron chi connectivity index (χ3n) is 7.46. The first-order valence-electron chi connectivity index (χ1n) is 12.8. The molecule has 0 radical (unpaired) electrons. The summed E-state index contributed by atoms with van der Waals surface area (Å²) in [6.45, 7) is 7.50. The lowest BCUT2D eigenvalue weighted by Gasteiger charge is -2.39. The van der Waals surface area contributed by atoms with Crippen molar-refractivity contribution >= 4 is 16.8 Å². The van der Waals surface area contributed by atoms with Gasteiger partial charge in [-0.2, -0.15) is 0 Å². The molecule has 7 nitrogen and oxygen atoms in total. The summed E-state index contributed by atoms with van der Waals surface area (Å²) < 4.78 is 7.60. The number of nitrogens with zero attached hydrogens (tertiary/aromatic N) is 4. The van der Waals surface area contributed by atoms with Gasteiger partial charge in [0.15, 0.2) is 0 Å². The molecular weight excluding hydrogens is 440 g/mol. The van der Waals surface area contributed by atoms with Gasteiger partial charge in [0.2, 0.25) is 5.91 Å². The Morgan fingerprint density at radius 3 is 2.46 bits per heavy atom. The van der Waals surface area contributed by atoms with Gasteiger partial charge in [-0.25, -0.2) is 4.98 Å². The van der Waals surface area contributed by atoms with E-state index in [0.717, 1.165) is 25.9 Å². The third kappa shape index (κ3) is 4.57. The van der Waals surface area contributed by atoms with Crippen LogP contribution in [0, 0.1) is 5.92 Å². The predicted molar refractivity (Wildman–Crippen MR) is 137 cm³/mol. The lowest BCUT2D eigenvalue weighted by atomic mass is 10.1. The van der Waals surface area contributed by atoms with Crippen LogP contribution in [0.2, 0.25) is 0 Å². The summed E-state index contributed by atoms with van der Waals surface area (Å²) in [6, 6.07) is 15.0. The van der Waals surface area contributed by atoms with Gasteiger partial charge < -0.3 is 9.64 Å². The average molecular weight is 475 g/mol. The van der Waals surface area contributed by atoms with Crippen LogP contribution in [0.4, 0.5) is 0 Å². The number of hydrogen-bond donors (Lipinski definition) is 0. The van der Waals surface area contributed by atoms with E-state index in [1.807, 2.05) is 60.4 Å². The highest BCUT2D eigenvalue weighted by Gasteiger charge is 2.32. The van der Waals surface area contributed by atoms with Crippen molar-refractivity contribution in [2.75, 3.05) is 32.8 Å². The molecule has 7 heteroatoms. The van der Waals surface area contributed by atoms with Gasteiger partial charge in [-0.15, -0.1) is 0 Å². The minimum absolute atomic E-state index is 0.0975. The lowest BCUT2D eigenvalue weighted by Crippen LogP contribution is -2.51. The highest BCUT2D eigenvalue weighted by molar-refractivity contribution is 5.79. The molecule has 1 atom stereocenters. The molecule has 1 saturated carbocycles. The molecule has 0 spiro atoms. The molecule has 1 aliphatic heterocycles. The van der Waals surface area contributed by atoms with Gasteiger partial charge in [0.1, 0.15) is 11.6 Å². The fourth-order valence-electron chi connectivity index (χ4n) is 5.51. The molecule has 3 aromatic rings. The van der Waals surface area contributed by atoms with Gasteiger partial charge in [0.25, 0.3) is 5.56 Å². The molecule has 2 heterocycles. The molecule has 1 aromatic heterocycles. The largest absolute Gasteiger partial charge is 0.492 e. The average Bonchev–Trinajstić information content (AvgIpc) is 3.44. The van der Waals surface area contributed by atoms with E-state index >= 15 is 0 Å². The lowest BCUT2D eigenvalue weighted by molar-refractivity contribution is -0.137. The van der Waals surface area contributed by atoms with Crippen molar-refractivity contribution in [3.05, 3.63) is 64.7 Å². The van der Waals surface area contributed by atoms with E-state index in [-0.39, 0.29) is 17.5 Å². The summed E-state index contributed by atoms with van der Waals surface area (Å²) in [5.41, 5.74) is 1.30. The van der Waals surface area contributed by atoms with Crippen LogP contribution in [-0.4, -0.2) is 58.0 Å². The molecule has 2 aromatic carbocycles.